The van der Waals surface area contributed by atoms with Gasteiger partial charge in [0, 0.05) is 6.08 Å². The van der Waals surface area contributed by atoms with Crippen LogP contribution in [0.2, 0.25) is 0 Å². The molecule has 0 saturated carbocycles. The van der Waals surface area contributed by atoms with Gasteiger partial charge in [-0.1, -0.05) is 5.57 Å². The van der Waals surface area contributed by atoms with Crippen molar-refractivity contribution in [3.8, 4) is 6.07 Å². The lowest BCUT2D eigenvalue weighted by Crippen LogP contribution is -2.12. The summed E-state index contributed by atoms with van der Waals surface area (Å²) in [4.78, 5) is 11.4. The number of nitriles is 1. The summed E-state index contributed by atoms with van der Waals surface area (Å²) in [5.41, 5.74) is 6.58. The molecule has 0 fully saturated rings. The van der Waals surface area contributed by atoms with Crippen LogP contribution in [0.25, 0.3) is 0 Å². The van der Waals surface area contributed by atoms with E-state index in [1.165, 1.54) is 12.3 Å². The first-order chi connectivity index (χ1) is 6.56. The summed E-state index contributed by atoms with van der Waals surface area (Å²) < 4.78 is 1.01. The normalized spacial score (nSPS) is 9.21. The first kappa shape index (κ1) is 9.99. The van der Waals surface area contributed by atoms with Crippen LogP contribution in [0.1, 0.15) is 24.2 Å². The molecule has 1 heterocycles. The number of rotatable bonds is 1. The highest BCUT2D eigenvalue weighted by molar-refractivity contribution is 5.92. The first-order valence-electron chi connectivity index (χ1n) is 3.99. The van der Waals surface area contributed by atoms with Crippen molar-refractivity contribution >= 4 is 11.7 Å². The zero-order chi connectivity index (χ0) is 10.7. The molecule has 0 aliphatic rings. The highest BCUT2D eigenvalue weighted by atomic mass is 16.2. The number of allylic oxidation sites excluding steroid dienone is 2. The van der Waals surface area contributed by atoms with Crippen molar-refractivity contribution in [3.63, 3.8) is 0 Å². The molecule has 14 heavy (non-hydrogen) atoms. The van der Waals surface area contributed by atoms with Gasteiger partial charge in [-0.3, -0.25) is 4.79 Å². The van der Waals surface area contributed by atoms with Gasteiger partial charge in [-0.25, -0.2) is 0 Å². The SMILES string of the molecule is CC(C)=CC(=O)n1ncc(C#N)c1N. The second-order valence-electron chi connectivity index (χ2n) is 3.03. The Kier molecular flexibility index (Phi) is 2.67. The summed E-state index contributed by atoms with van der Waals surface area (Å²) in [6, 6.07) is 1.84. The molecule has 0 saturated heterocycles. The lowest BCUT2D eigenvalue weighted by Gasteiger charge is -1.98. The number of nitrogens with two attached hydrogens (primary N) is 1. The molecular formula is C9H10N4O. The topological polar surface area (TPSA) is 84.7 Å². The zero-order valence-electron chi connectivity index (χ0n) is 7.98. The molecule has 0 aromatic carbocycles. The number of hydrogen-bond donors (Lipinski definition) is 1. The number of anilines is 1. The van der Waals surface area contributed by atoms with Crippen molar-refractivity contribution in [2.45, 2.75) is 13.8 Å². The van der Waals surface area contributed by atoms with Gasteiger partial charge in [-0.2, -0.15) is 15.0 Å². The van der Waals surface area contributed by atoms with Crippen LogP contribution in [0.5, 0.6) is 0 Å². The van der Waals surface area contributed by atoms with Crippen molar-refractivity contribution in [3.05, 3.63) is 23.4 Å². The Morgan fingerprint density at radius 2 is 2.36 bits per heavy atom. The number of carbonyl (C=O) groups is 1. The van der Waals surface area contributed by atoms with E-state index in [2.05, 4.69) is 5.10 Å². The average molecular weight is 190 g/mol. The van der Waals surface area contributed by atoms with Gasteiger partial charge in [-0.05, 0) is 13.8 Å². The maximum atomic E-state index is 11.4. The van der Waals surface area contributed by atoms with Crippen LogP contribution < -0.4 is 5.73 Å². The molecule has 0 aliphatic carbocycles. The van der Waals surface area contributed by atoms with Crippen LogP contribution in [0.4, 0.5) is 5.82 Å². The smallest absolute Gasteiger partial charge is 0.272 e. The van der Waals surface area contributed by atoms with Crippen molar-refractivity contribution in [2.24, 2.45) is 0 Å². The Hall–Kier alpha value is -2.09. The molecule has 0 radical (unpaired) electrons. The van der Waals surface area contributed by atoms with Gasteiger partial charge >= 0.3 is 0 Å². The van der Waals surface area contributed by atoms with E-state index in [4.69, 9.17) is 11.0 Å². The number of carbonyl (C=O) groups excluding carboxylic acids is 1. The molecule has 1 aromatic rings. The van der Waals surface area contributed by atoms with E-state index in [1.807, 2.05) is 6.07 Å². The predicted octanol–water partition coefficient (Wildman–Crippen LogP) is 0.943. The lowest BCUT2D eigenvalue weighted by atomic mass is 10.3. The summed E-state index contributed by atoms with van der Waals surface area (Å²) in [6.45, 7) is 3.59. The molecule has 0 unspecified atom stereocenters. The maximum absolute atomic E-state index is 11.4. The second kappa shape index (κ2) is 3.75. The number of nitrogens with zero attached hydrogens (tertiary/aromatic N) is 3. The van der Waals surface area contributed by atoms with Crippen LogP contribution >= 0.6 is 0 Å². The van der Waals surface area contributed by atoms with Gasteiger partial charge in [0.25, 0.3) is 5.91 Å². The van der Waals surface area contributed by atoms with Crippen LogP contribution in [0.15, 0.2) is 17.8 Å². The summed E-state index contributed by atoms with van der Waals surface area (Å²) in [6.07, 6.45) is 2.68. The number of nitrogen functional groups attached to an aromatic ring is 1. The fraction of sp³-hybridized carbons (Fsp3) is 0.222. The van der Waals surface area contributed by atoms with Crippen molar-refractivity contribution in [1.82, 2.24) is 9.78 Å². The molecule has 0 bridgehead atoms. The molecular weight excluding hydrogens is 180 g/mol. The molecule has 0 aliphatic heterocycles. The van der Waals surface area contributed by atoms with E-state index >= 15 is 0 Å². The molecule has 2 N–H and O–H groups in total. The fourth-order valence-corrected chi connectivity index (χ4v) is 0.928. The summed E-state index contributed by atoms with van der Waals surface area (Å²) in [7, 11) is 0. The Labute approximate surface area is 81.4 Å². The average Bonchev–Trinajstić information content (AvgIpc) is 2.45. The van der Waals surface area contributed by atoms with Crippen LogP contribution in [0.3, 0.4) is 0 Å². The molecule has 1 aromatic heterocycles. The standard InChI is InChI=1S/C9H10N4O/c1-6(2)3-8(14)13-9(11)7(4-10)5-12-13/h3,5H,11H2,1-2H3. The van der Waals surface area contributed by atoms with Gasteiger partial charge < -0.3 is 5.73 Å². The minimum atomic E-state index is -0.344. The summed E-state index contributed by atoms with van der Waals surface area (Å²) in [5, 5.41) is 12.3. The molecule has 5 nitrogen and oxygen atoms in total. The van der Waals surface area contributed by atoms with Crippen LogP contribution in [-0.2, 0) is 0 Å². The third kappa shape index (κ3) is 1.80. The molecule has 72 valence electrons. The van der Waals surface area contributed by atoms with E-state index in [0.29, 0.717) is 0 Å². The van der Waals surface area contributed by atoms with Crippen molar-refractivity contribution in [2.75, 3.05) is 5.73 Å². The Balaban J connectivity index is 3.10. The lowest BCUT2D eigenvalue weighted by molar-refractivity contribution is 0.0956. The summed E-state index contributed by atoms with van der Waals surface area (Å²) >= 11 is 0. The largest absolute Gasteiger partial charge is 0.382 e. The third-order valence-corrected chi connectivity index (χ3v) is 1.55. The van der Waals surface area contributed by atoms with Crippen LogP contribution in [-0.4, -0.2) is 15.7 Å². The van der Waals surface area contributed by atoms with Crippen molar-refractivity contribution < 1.29 is 4.79 Å². The minimum absolute atomic E-state index is 0.0787. The van der Waals surface area contributed by atoms with Gasteiger partial charge in [-0.15, -0.1) is 0 Å². The van der Waals surface area contributed by atoms with E-state index in [0.717, 1.165) is 10.3 Å². The summed E-state index contributed by atoms with van der Waals surface area (Å²) in [5.74, 6) is -0.265. The monoisotopic (exact) mass is 190 g/mol. The van der Waals surface area contributed by atoms with E-state index in [1.54, 1.807) is 13.8 Å². The van der Waals surface area contributed by atoms with Gasteiger partial charge in [0.2, 0.25) is 0 Å². The van der Waals surface area contributed by atoms with Crippen molar-refractivity contribution in [1.29, 1.82) is 5.26 Å². The first-order valence-corrected chi connectivity index (χ1v) is 3.99. The van der Waals surface area contributed by atoms with Gasteiger partial charge in [0.1, 0.15) is 17.5 Å². The predicted molar refractivity (Wildman–Crippen MR) is 51.4 cm³/mol. The molecule has 0 spiro atoms. The molecule has 5 heteroatoms. The maximum Gasteiger partial charge on any atom is 0.272 e. The highest BCUT2D eigenvalue weighted by Crippen LogP contribution is 2.09. The molecule has 0 atom stereocenters. The number of aromatic nitrogens is 2. The van der Waals surface area contributed by atoms with E-state index in [9.17, 15) is 4.79 Å². The second-order valence-corrected chi connectivity index (χ2v) is 3.03. The highest BCUT2D eigenvalue weighted by Gasteiger charge is 2.10. The van der Waals surface area contributed by atoms with Crippen LogP contribution in [0, 0.1) is 11.3 Å². The third-order valence-electron chi connectivity index (χ3n) is 1.55. The fourth-order valence-electron chi connectivity index (χ4n) is 0.928. The van der Waals surface area contributed by atoms with Gasteiger partial charge in [0.05, 0.1) is 6.20 Å². The number of hydrogen-bond acceptors (Lipinski definition) is 4. The molecule has 0 amide bonds. The Bertz CT molecular complexity index is 432. The van der Waals surface area contributed by atoms with Gasteiger partial charge in [0.15, 0.2) is 0 Å². The quantitative estimate of drug-likeness (QED) is 0.668. The Morgan fingerprint density at radius 3 is 2.79 bits per heavy atom. The Morgan fingerprint density at radius 1 is 1.71 bits per heavy atom. The minimum Gasteiger partial charge on any atom is -0.382 e. The molecule has 1 rings (SSSR count). The van der Waals surface area contributed by atoms with E-state index < -0.39 is 0 Å². The zero-order valence-corrected chi connectivity index (χ0v) is 7.98. The van der Waals surface area contributed by atoms with E-state index in [-0.39, 0.29) is 17.3 Å².